The number of hydrogen-bond donors (Lipinski definition) is 2. The summed E-state index contributed by atoms with van der Waals surface area (Å²) in [6.45, 7) is 6.65. The van der Waals surface area contributed by atoms with Gasteiger partial charge in [-0.1, -0.05) is 33.6 Å². The van der Waals surface area contributed by atoms with Crippen LogP contribution in [0, 0.1) is 0 Å². The van der Waals surface area contributed by atoms with E-state index in [1.165, 1.54) is 4.31 Å². The Labute approximate surface area is 128 Å². The Morgan fingerprint density at radius 1 is 1.25 bits per heavy atom. The van der Waals surface area contributed by atoms with E-state index in [-0.39, 0.29) is 18.4 Å². The molecule has 0 spiro atoms. The van der Waals surface area contributed by atoms with Crippen molar-refractivity contribution in [3.05, 3.63) is 0 Å². The second-order valence-corrected chi connectivity index (χ2v) is 6.45. The molecule has 122 valence electrons. The van der Waals surface area contributed by atoms with E-state index >= 15 is 0 Å². The molecule has 0 radical (unpaired) electrons. The maximum absolute atomic E-state index is 11.9. The molecule has 1 atom stereocenters. The standard InChI is InChI=1S/C12H27N3O3S.ClH/c1-4-7-8-11(9-13)14-12(16)10-19(17,18)15(5-2)6-3;/h11H,4-10,13H2,1-3H3,(H,14,16);1H. The number of nitrogens with zero attached hydrogens (tertiary/aromatic N) is 1. The van der Waals surface area contributed by atoms with Crippen LogP contribution in [0.15, 0.2) is 0 Å². The fraction of sp³-hybridized carbons (Fsp3) is 0.917. The summed E-state index contributed by atoms with van der Waals surface area (Å²) in [7, 11) is -3.52. The summed E-state index contributed by atoms with van der Waals surface area (Å²) in [5, 5.41) is 2.69. The molecule has 20 heavy (non-hydrogen) atoms. The quantitative estimate of drug-likeness (QED) is 0.617. The largest absolute Gasteiger partial charge is 0.351 e. The third-order valence-electron chi connectivity index (χ3n) is 2.97. The van der Waals surface area contributed by atoms with E-state index in [0.717, 1.165) is 19.3 Å². The number of nitrogens with two attached hydrogens (primary N) is 1. The monoisotopic (exact) mass is 329 g/mol. The third-order valence-corrected chi connectivity index (χ3v) is 4.90. The van der Waals surface area contributed by atoms with Gasteiger partial charge in [0, 0.05) is 25.7 Å². The van der Waals surface area contributed by atoms with Gasteiger partial charge in [-0.05, 0) is 6.42 Å². The average molecular weight is 330 g/mol. The number of nitrogens with one attached hydrogen (secondary N) is 1. The highest BCUT2D eigenvalue weighted by molar-refractivity contribution is 7.89. The van der Waals surface area contributed by atoms with E-state index in [0.29, 0.717) is 19.6 Å². The summed E-state index contributed by atoms with van der Waals surface area (Å²) in [5.74, 6) is -0.976. The molecule has 8 heteroatoms. The summed E-state index contributed by atoms with van der Waals surface area (Å²) < 4.78 is 25.1. The van der Waals surface area contributed by atoms with Crippen LogP contribution in [0.5, 0.6) is 0 Å². The van der Waals surface area contributed by atoms with Gasteiger partial charge < -0.3 is 11.1 Å². The minimum absolute atomic E-state index is 0. The van der Waals surface area contributed by atoms with Crippen LogP contribution in [-0.4, -0.2) is 50.1 Å². The van der Waals surface area contributed by atoms with Crippen LogP contribution >= 0.6 is 12.4 Å². The molecule has 1 amide bonds. The van der Waals surface area contributed by atoms with Crippen LogP contribution in [0.4, 0.5) is 0 Å². The molecule has 0 saturated heterocycles. The summed E-state index contributed by atoms with van der Waals surface area (Å²) in [4.78, 5) is 11.8. The summed E-state index contributed by atoms with van der Waals surface area (Å²) >= 11 is 0. The maximum atomic E-state index is 11.9. The molecule has 0 heterocycles. The first kappa shape index (κ1) is 21.9. The Bertz CT molecular complexity index is 359. The van der Waals surface area contributed by atoms with Crippen LogP contribution in [0.25, 0.3) is 0 Å². The van der Waals surface area contributed by atoms with Crippen molar-refractivity contribution in [1.82, 2.24) is 9.62 Å². The minimum atomic E-state index is -3.52. The number of amides is 1. The number of sulfonamides is 1. The van der Waals surface area contributed by atoms with Gasteiger partial charge in [0.25, 0.3) is 0 Å². The summed E-state index contributed by atoms with van der Waals surface area (Å²) in [6.07, 6.45) is 2.76. The van der Waals surface area contributed by atoms with E-state index in [2.05, 4.69) is 12.2 Å². The zero-order chi connectivity index (χ0) is 14.9. The Balaban J connectivity index is 0. The molecule has 3 N–H and O–H groups in total. The van der Waals surface area contributed by atoms with Crippen molar-refractivity contribution >= 4 is 28.3 Å². The molecule has 0 aromatic carbocycles. The van der Waals surface area contributed by atoms with Gasteiger partial charge in [0.2, 0.25) is 15.9 Å². The zero-order valence-corrected chi connectivity index (χ0v) is 14.2. The molecular formula is C12H28ClN3O3S. The van der Waals surface area contributed by atoms with E-state index < -0.39 is 21.7 Å². The Kier molecular flexibility index (Phi) is 12.4. The predicted molar refractivity (Wildman–Crippen MR) is 84.5 cm³/mol. The number of carbonyl (C=O) groups is 1. The lowest BCUT2D eigenvalue weighted by Crippen LogP contribution is -2.45. The van der Waals surface area contributed by atoms with Crippen molar-refractivity contribution in [3.63, 3.8) is 0 Å². The Morgan fingerprint density at radius 3 is 2.20 bits per heavy atom. The van der Waals surface area contributed by atoms with E-state index in [1.54, 1.807) is 13.8 Å². The van der Waals surface area contributed by atoms with Crippen molar-refractivity contribution < 1.29 is 13.2 Å². The number of hydrogen-bond acceptors (Lipinski definition) is 4. The minimum Gasteiger partial charge on any atom is -0.351 e. The van der Waals surface area contributed by atoms with Gasteiger partial charge in [-0.3, -0.25) is 4.79 Å². The topological polar surface area (TPSA) is 92.5 Å². The highest BCUT2D eigenvalue weighted by atomic mass is 35.5. The Hall–Kier alpha value is -0.370. The Morgan fingerprint density at radius 2 is 1.80 bits per heavy atom. The smallest absolute Gasteiger partial charge is 0.236 e. The van der Waals surface area contributed by atoms with Crippen LogP contribution in [0.3, 0.4) is 0 Å². The molecular weight excluding hydrogens is 302 g/mol. The van der Waals surface area contributed by atoms with Gasteiger partial charge in [0.05, 0.1) is 0 Å². The van der Waals surface area contributed by atoms with Gasteiger partial charge in [-0.15, -0.1) is 12.4 Å². The van der Waals surface area contributed by atoms with Gasteiger partial charge in [0.1, 0.15) is 5.75 Å². The second kappa shape index (κ2) is 11.3. The van der Waals surface area contributed by atoms with E-state index in [1.807, 2.05) is 0 Å². The fourth-order valence-corrected chi connectivity index (χ4v) is 3.23. The maximum Gasteiger partial charge on any atom is 0.236 e. The highest BCUT2D eigenvalue weighted by Crippen LogP contribution is 2.02. The van der Waals surface area contributed by atoms with Crippen molar-refractivity contribution in [3.8, 4) is 0 Å². The predicted octanol–water partition coefficient (Wildman–Crippen LogP) is 0.714. The lowest BCUT2D eigenvalue weighted by atomic mass is 10.1. The molecule has 0 rings (SSSR count). The molecule has 0 aromatic heterocycles. The van der Waals surface area contributed by atoms with Gasteiger partial charge in [-0.2, -0.15) is 0 Å². The first-order valence-electron chi connectivity index (χ1n) is 6.88. The van der Waals surface area contributed by atoms with Gasteiger partial charge in [0.15, 0.2) is 0 Å². The molecule has 0 bridgehead atoms. The van der Waals surface area contributed by atoms with Crippen molar-refractivity contribution in [1.29, 1.82) is 0 Å². The number of carbonyl (C=O) groups excluding carboxylic acids is 1. The average Bonchev–Trinajstić information content (AvgIpc) is 2.34. The molecule has 0 saturated carbocycles. The molecule has 0 fully saturated rings. The lowest BCUT2D eigenvalue weighted by molar-refractivity contribution is -0.119. The molecule has 0 aliphatic rings. The normalized spacial score (nSPS) is 12.8. The van der Waals surface area contributed by atoms with Gasteiger partial charge >= 0.3 is 0 Å². The summed E-state index contributed by atoms with van der Waals surface area (Å²) in [5.41, 5.74) is 5.56. The molecule has 6 nitrogen and oxygen atoms in total. The first-order chi connectivity index (χ1) is 8.91. The highest BCUT2D eigenvalue weighted by Gasteiger charge is 2.23. The van der Waals surface area contributed by atoms with Crippen molar-refractivity contribution in [2.45, 2.75) is 46.1 Å². The first-order valence-corrected chi connectivity index (χ1v) is 8.49. The molecule has 0 aliphatic heterocycles. The second-order valence-electron chi connectivity index (χ2n) is 4.48. The van der Waals surface area contributed by atoms with Crippen LogP contribution in [0.2, 0.25) is 0 Å². The number of unbranched alkanes of at least 4 members (excludes halogenated alkanes) is 1. The van der Waals surface area contributed by atoms with E-state index in [4.69, 9.17) is 5.73 Å². The number of rotatable bonds is 10. The van der Waals surface area contributed by atoms with Crippen LogP contribution < -0.4 is 11.1 Å². The third kappa shape index (κ3) is 8.04. The van der Waals surface area contributed by atoms with Crippen molar-refractivity contribution in [2.75, 3.05) is 25.4 Å². The molecule has 0 aliphatic carbocycles. The molecule has 1 unspecified atom stereocenters. The van der Waals surface area contributed by atoms with Gasteiger partial charge in [-0.25, -0.2) is 12.7 Å². The summed E-state index contributed by atoms with van der Waals surface area (Å²) in [6, 6.07) is -0.139. The molecule has 0 aromatic rings. The van der Waals surface area contributed by atoms with E-state index in [9.17, 15) is 13.2 Å². The van der Waals surface area contributed by atoms with Crippen molar-refractivity contribution in [2.24, 2.45) is 5.73 Å². The van der Waals surface area contributed by atoms with Crippen LogP contribution in [-0.2, 0) is 14.8 Å². The lowest BCUT2D eigenvalue weighted by Gasteiger charge is -2.20. The number of halogens is 1. The fourth-order valence-electron chi connectivity index (χ4n) is 1.84. The van der Waals surface area contributed by atoms with Crippen LogP contribution in [0.1, 0.15) is 40.0 Å². The zero-order valence-electron chi connectivity index (χ0n) is 12.6. The SMILES string of the molecule is CCCCC(CN)NC(=O)CS(=O)(=O)N(CC)CC.Cl.